The van der Waals surface area contributed by atoms with Crippen LogP contribution in [0.1, 0.15) is 26.2 Å². The van der Waals surface area contributed by atoms with Crippen LogP contribution in [0.25, 0.3) is 0 Å². The highest BCUT2D eigenvalue weighted by molar-refractivity contribution is 5.79. The summed E-state index contributed by atoms with van der Waals surface area (Å²) in [5.41, 5.74) is -0.770. The lowest BCUT2D eigenvalue weighted by atomic mass is 9.82. The van der Waals surface area contributed by atoms with Gasteiger partial charge in [0.05, 0.1) is 5.41 Å². The van der Waals surface area contributed by atoms with Gasteiger partial charge in [0, 0.05) is 26.1 Å². The summed E-state index contributed by atoms with van der Waals surface area (Å²) in [6.07, 6.45) is 1.86. The van der Waals surface area contributed by atoms with Crippen molar-refractivity contribution >= 4 is 11.9 Å². The number of hydrogen-bond acceptors (Lipinski definition) is 3. The molecule has 2 N–H and O–H groups in total. The Labute approximate surface area is 95.8 Å². The summed E-state index contributed by atoms with van der Waals surface area (Å²) in [5.74, 6) is -0.764. The van der Waals surface area contributed by atoms with Crippen LogP contribution in [0.5, 0.6) is 0 Å². The van der Waals surface area contributed by atoms with Crippen LogP contribution in [0.4, 0.5) is 0 Å². The fourth-order valence-corrected chi connectivity index (χ4v) is 2.02. The van der Waals surface area contributed by atoms with E-state index in [4.69, 9.17) is 5.11 Å². The topological polar surface area (TPSA) is 69.6 Å². The van der Waals surface area contributed by atoms with E-state index in [0.29, 0.717) is 32.5 Å². The number of hydrogen-bond donors (Lipinski definition) is 2. The number of carboxylic acids is 1. The minimum absolute atomic E-state index is 0.0431. The predicted molar refractivity (Wildman–Crippen MR) is 60.1 cm³/mol. The van der Waals surface area contributed by atoms with Crippen molar-refractivity contribution in [2.45, 2.75) is 26.2 Å². The molecular weight excluding hydrogens is 208 g/mol. The van der Waals surface area contributed by atoms with Gasteiger partial charge >= 0.3 is 5.97 Å². The zero-order chi connectivity index (χ0) is 12.2. The van der Waals surface area contributed by atoms with Gasteiger partial charge in [-0.05, 0) is 26.8 Å². The Kier molecular flexibility index (Phi) is 4.29. The molecule has 16 heavy (non-hydrogen) atoms. The molecule has 0 spiro atoms. The largest absolute Gasteiger partial charge is 0.481 e. The van der Waals surface area contributed by atoms with Crippen LogP contribution in [0.3, 0.4) is 0 Å². The molecule has 0 saturated carbocycles. The van der Waals surface area contributed by atoms with Gasteiger partial charge in [-0.2, -0.15) is 0 Å². The van der Waals surface area contributed by atoms with Gasteiger partial charge in [-0.25, -0.2) is 0 Å². The standard InChI is InChI=1S/C11H20N2O3/c1-11(10(15)16)5-3-7-13(8-11)9(14)4-6-12-2/h12H,3-8H2,1-2H3,(H,15,16). The maximum atomic E-state index is 11.8. The van der Waals surface area contributed by atoms with Crippen LogP contribution < -0.4 is 5.32 Å². The molecule has 1 heterocycles. The van der Waals surface area contributed by atoms with Gasteiger partial charge in [-0.1, -0.05) is 0 Å². The van der Waals surface area contributed by atoms with Crippen LogP contribution >= 0.6 is 0 Å². The van der Waals surface area contributed by atoms with Crippen molar-refractivity contribution in [3.8, 4) is 0 Å². The summed E-state index contributed by atoms with van der Waals surface area (Å²) in [4.78, 5) is 24.5. The quantitative estimate of drug-likeness (QED) is 0.726. The van der Waals surface area contributed by atoms with Crippen LogP contribution in [-0.2, 0) is 9.59 Å². The Hall–Kier alpha value is -1.10. The molecule has 0 bridgehead atoms. The van der Waals surface area contributed by atoms with Crippen molar-refractivity contribution in [2.24, 2.45) is 5.41 Å². The van der Waals surface area contributed by atoms with Gasteiger partial charge < -0.3 is 15.3 Å². The molecule has 1 saturated heterocycles. The van der Waals surface area contributed by atoms with Gasteiger partial charge in [0.25, 0.3) is 0 Å². The SMILES string of the molecule is CNCCC(=O)N1CCCC(C)(C(=O)O)C1. The second-order valence-corrected chi connectivity index (χ2v) is 4.64. The Morgan fingerprint density at radius 2 is 2.19 bits per heavy atom. The molecular formula is C11H20N2O3. The molecule has 92 valence electrons. The highest BCUT2D eigenvalue weighted by Gasteiger charge is 2.39. The molecule has 0 radical (unpaired) electrons. The minimum atomic E-state index is -0.807. The third kappa shape index (κ3) is 2.95. The van der Waals surface area contributed by atoms with Crippen LogP contribution in [0, 0.1) is 5.41 Å². The average molecular weight is 228 g/mol. The highest BCUT2D eigenvalue weighted by atomic mass is 16.4. The van der Waals surface area contributed by atoms with E-state index in [1.165, 1.54) is 0 Å². The van der Waals surface area contributed by atoms with E-state index in [1.54, 1.807) is 18.9 Å². The summed E-state index contributed by atoms with van der Waals surface area (Å²) in [6, 6.07) is 0. The number of rotatable bonds is 4. The van der Waals surface area contributed by atoms with E-state index >= 15 is 0 Å². The molecule has 1 aliphatic heterocycles. The molecule has 0 aromatic rings. The number of nitrogens with one attached hydrogen (secondary N) is 1. The minimum Gasteiger partial charge on any atom is -0.481 e. The maximum absolute atomic E-state index is 11.8. The Morgan fingerprint density at radius 1 is 1.50 bits per heavy atom. The predicted octanol–water partition coefficient (Wildman–Crippen LogP) is 0.309. The van der Waals surface area contributed by atoms with E-state index in [2.05, 4.69) is 5.32 Å². The Bertz CT molecular complexity index is 280. The molecule has 5 heteroatoms. The first-order valence-electron chi connectivity index (χ1n) is 5.65. The average Bonchev–Trinajstić information content (AvgIpc) is 2.25. The molecule has 1 amide bonds. The fourth-order valence-electron chi connectivity index (χ4n) is 2.02. The van der Waals surface area contributed by atoms with Crippen molar-refractivity contribution in [3.05, 3.63) is 0 Å². The van der Waals surface area contributed by atoms with Crippen LogP contribution in [0.15, 0.2) is 0 Å². The number of carbonyl (C=O) groups excluding carboxylic acids is 1. The normalized spacial score (nSPS) is 25.5. The van der Waals surface area contributed by atoms with Gasteiger partial charge in [0.2, 0.25) is 5.91 Å². The Balaban J connectivity index is 2.56. The number of carbonyl (C=O) groups is 2. The van der Waals surface area contributed by atoms with Crippen molar-refractivity contribution in [1.82, 2.24) is 10.2 Å². The molecule has 5 nitrogen and oxygen atoms in total. The van der Waals surface area contributed by atoms with Crippen molar-refractivity contribution in [1.29, 1.82) is 0 Å². The summed E-state index contributed by atoms with van der Waals surface area (Å²) in [6.45, 7) is 3.38. The van der Waals surface area contributed by atoms with Gasteiger partial charge in [-0.15, -0.1) is 0 Å². The second kappa shape index (κ2) is 5.30. The fraction of sp³-hybridized carbons (Fsp3) is 0.818. The number of likely N-dealkylation sites (tertiary alicyclic amines) is 1. The van der Waals surface area contributed by atoms with Crippen molar-refractivity contribution < 1.29 is 14.7 Å². The lowest BCUT2D eigenvalue weighted by Crippen LogP contribution is -2.48. The molecule has 1 atom stereocenters. The lowest BCUT2D eigenvalue weighted by Gasteiger charge is -2.37. The molecule has 1 unspecified atom stereocenters. The smallest absolute Gasteiger partial charge is 0.311 e. The first-order chi connectivity index (χ1) is 7.49. The highest BCUT2D eigenvalue weighted by Crippen LogP contribution is 2.29. The number of carboxylic acid groups (broad SMARTS) is 1. The Morgan fingerprint density at radius 3 is 2.75 bits per heavy atom. The monoisotopic (exact) mass is 228 g/mol. The van der Waals surface area contributed by atoms with E-state index in [9.17, 15) is 9.59 Å². The maximum Gasteiger partial charge on any atom is 0.311 e. The first kappa shape index (κ1) is 13.0. The second-order valence-electron chi connectivity index (χ2n) is 4.64. The number of piperidine rings is 1. The summed E-state index contributed by atoms with van der Waals surface area (Å²) < 4.78 is 0. The first-order valence-corrected chi connectivity index (χ1v) is 5.65. The van der Waals surface area contributed by atoms with Gasteiger partial charge in [0.1, 0.15) is 0 Å². The summed E-state index contributed by atoms with van der Waals surface area (Å²) in [5, 5.41) is 12.0. The molecule has 1 fully saturated rings. The lowest BCUT2D eigenvalue weighted by molar-refractivity contribution is -0.153. The van der Waals surface area contributed by atoms with Crippen molar-refractivity contribution in [2.75, 3.05) is 26.7 Å². The molecule has 0 aromatic carbocycles. The molecule has 0 aliphatic carbocycles. The van der Waals surface area contributed by atoms with E-state index in [1.807, 2.05) is 0 Å². The molecule has 0 aromatic heterocycles. The summed E-state index contributed by atoms with van der Waals surface area (Å²) in [7, 11) is 1.80. The third-order valence-corrected chi connectivity index (χ3v) is 3.15. The van der Waals surface area contributed by atoms with E-state index in [-0.39, 0.29) is 5.91 Å². The number of amides is 1. The number of aliphatic carboxylic acids is 1. The molecule has 1 aliphatic rings. The zero-order valence-electron chi connectivity index (χ0n) is 9.95. The van der Waals surface area contributed by atoms with Gasteiger partial charge in [-0.3, -0.25) is 9.59 Å². The van der Waals surface area contributed by atoms with Crippen LogP contribution in [-0.4, -0.2) is 48.6 Å². The van der Waals surface area contributed by atoms with E-state index in [0.717, 1.165) is 6.42 Å². The summed E-state index contributed by atoms with van der Waals surface area (Å²) >= 11 is 0. The molecule has 1 rings (SSSR count). The van der Waals surface area contributed by atoms with E-state index < -0.39 is 11.4 Å². The van der Waals surface area contributed by atoms with Crippen molar-refractivity contribution in [3.63, 3.8) is 0 Å². The zero-order valence-corrected chi connectivity index (χ0v) is 9.95. The third-order valence-electron chi connectivity index (χ3n) is 3.15. The van der Waals surface area contributed by atoms with Gasteiger partial charge in [0.15, 0.2) is 0 Å². The van der Waals surface area contributed by atoms with Crippen LogP contribution in [0.2, 0.25) is 0 Å². The number of nitrogens with zero attached hydrogens (tertiary/aromatic N) is 1.